The van der Waals surface area contributed by atoms with Crippen molar-refractivity contribution in [2.45, 2.75) is 16.2 Å². The van der Waals surface area contributed by atoms with E-state index in [9.17, 15) is 19.5 Å². The molecule has 5 rings (SSSR count). The van der Waals surface area contributed by atoms with Crippen LogP contribution in [-0.4, -0.2) is 27.2 Å². The number of carbonyl (C=O) groups excluding carboxylic acids is 2. The highest BCUT2D eigenvalue weighted by Crippen LogP contribution is 2.53. The van der Waals surface area contributed by atoms with Crippen LogP contribution in [0.25, 0.3) is 0 Å². The number of aromatic nitrogens is 1. The minimum atomic E-state index is -0.647. The zero-order chi connectivity index (χ0) is 20.3. The van der Waals surface area contributed by atoms with Crippen LogP contribution in [0.15, 0.2) is 58.4 Å². The molecule has 1 fully saturated rings. The molecule has 0 bridgehead atoms. The molecule has 2 aliphatic heterocycles. The van der Waals surface area contributed by atoms with Gasteiger partial charge >= 0.3 is 4.87 Å². The Kier molecular flexibility index (Phi) is 4.31. The van der Waals surface area contributed by atoms with Gasteiger partial charge < -0.3 is 10.1 Å². The largest absolute Gasteiger partial charge is 0.508 e. The molecule has 0 aliphatic carbocycles. The van der Waals surface area contributed by atoms with Crippen molar-refractivity contribution in [3.8, 4) is 5.75 Å². The van der Waals surface area contributed by atoms with Gasteiger partial charge in [-0.15, -0.1) is 0 Å². The lowest BCUT2D eigenvalue weighted by atomic mass is 9.83. The number of aromatic amines is 1. The van der Waals surface area contributed by atoms with Crippen molar-refractivity contribution < 1.29 is 14.7 Å². The average molecular weight is 445 g/mol. The Bertz CT molecular complexity index is 1190. The topological polar surface area (TPSA) is 90.5 Å². The number of nitrogens with zero attached hydrogens (tertiary/aromatic N) is 1. The second kappa shape index (κ2) is 6.76. The molecule has 0 spiro atoms. The van der Waals surface area contributed by atoms with E-state index in [1.54, 1.807) is 48.5 Å². The van der Waals surface area contributed by atoms with Gasteiger partial charge in [0, 0.05) is 15.8 Å². The van der Waals surface area contributed by atoms with Crippen LogP contribution in [0.3, 0.4) is 0 Å². The van der Waals surface area contributed by atoms with E-state index >= 15 is 0 Å². The van der Waals surface area contributed by atoms with Crippen LogP contribution in [0.4, 0.5) is 5.69 Å². The number of aromatic hydroxyl groups is 1. The number of benzene rings is 2. The first kappa shape index (κ1) is 18.5. The fourth-order valence-corrected chi connectivity index (χ4v) is 6.54. The summed E-state index contributed by atoms with van der Waals surface area (Å²) in [5.74, 6) is -1.61. The molecule has 3 atom stereocenters. The molecule has 3 aromatic rings. The number of halogens is 1. The molecule has 0 unspecified atom stereocenters. The van der Waals surface area contributed by atoms with Gasteiger partial charge in [0.05, 0.1) is 16.6 Å². The SMILES string of the molecule is O=C1[C@H]2[C@H](c3ccc(O)cc3)c3sc(=O)[nH]c3S[C@H]2C(=O)N1c1ccc(Cl)cc1. The number of hydrogen-bond donors (Lipinski definition) is 2. The summed E-state index contributed by atoms with van der Waals surface area (Å²) in [5, 5.41) is 10.1. The molecule has 9 heteroatoms. The number of anilines is 1. The number of amides is 2. The highest BCUT2D eigenvalue weighted by Gasteiger charge is 2.56. The Balaban J connectivity index is 1.64. The summed E-state index contributed by atoms with van der Waals surface area (Å²) in [5.41, 5.74) is 1.24. The normalized spacial score (nSPS) is 23.2. The van der Waals surface area contributed by atoms with Crippen molar-refractivity contribution in [1.29, 1.82) is 0 Å². The highest BCUT2D eigenvalue weighted by molar-refractivity contribution is 8.00. The number of thioether (sulfide) groups is 1. The molecule has 2 aromatic carbocycles. The van der Waals surface area contributed by atoms with Crippen LogP contribution in [0.5, 0.6) is 5.75 Å². The maximum Gasteiger partial charge on any atom is 0.305 e. The minimum absolute atomic E-state index is 0.106. The first-order valence-corrected chi connectivity index (χ1v) is 10.8. The molecule has 3 heterocycles. The lowest BCUT2D eigenvalue weighted by molar-refractivity contribution is -0.122. The van der Waals surface area contributed by atoms with E-state index in [4.69, 9.17) is 11.6 Å². The summed E-state index contributed by atoms with van der Waals surface area (Å²) < 4.78 is 0. The smallest absolute Gasteiger partial charge is 0.305 e. The van der Waals surface area contributed by atoms with Crippen LogP contribution in [0.2, 0.25) is 5.02 Å². The van der Waals surface area contributed by atoms with E-state index in [1.807, 2.05) is 0 Å². The molecule has 2 aliphatic rings. The zero-order valence-corrected chi connectivity index (χ0v) is 17.1. The van der Waals surface area contributed by atoms with Crippen molar-refractivity contribution in [2.75, 3.05) is 4.90 Å². The number of imide groups is 1. The van der Waals surface area contributed by atoms with E-state index in [0.29, 0.717) is 15.7 Å². The van der Waals surface area contributed by atoms with Crippen LogP contribution in [-0.2, 0) is 9.59 Å². The van der Waals surface area contributed by atoms with Gasteiger partial charge in [0.1, 0.15) is 11.0 Å². The second-order valence-corrected chi connectivity index (χ2v) is 9.43. The fraction of sp³-hybridized carbons (Fsp3) is 0.150. The number of H-pyrrole nitrogens is 1. The Hall–Kier alpha value is -2.55. The van der Waals surface area contributed by atoms with Crippen molar-refractivity contribution in [3.05, 3.63) is 73.7 Å². The summed E-state index contributed by atoms with van der Waals surface area (Å²) in [7, 11) is 0. The van der Waals surface area contributed by atoms with Crippen LogP contribution in [0, 0.1) is 5.92 Å². The van der Waals surface area contributed by atoms with Crippen LogP contribution < -0.4 is 9.77 Å². The molecule has 1 saturated heterocycles. The monoisotopic (exact) mass is 444 g/mol. The van der Waals surface area contributed by atoms with Crippen LogP contribution >= 0.6 is 34.7 Å². The van der Waals surface area contributed by atoms with Gasteiger partial charge in [-0.3, -0.25) is 14.4 Å². The Morgan fingerprint density at radius 3 is 2.34 bits per heavy atom. The summed E-state index contributed by atoms with van der Waals surface area (Å²) in [6.45, 7) is 0. The molecule has 0 radical (unpaired) electrons. The molecule has 2 N–H and O–H groups in total. The number of phenolic OH excluding ortho intramolecular Hbond substituents is 1. The summed E-state index contributed by atoms with van der Waals surface area (Å²) in [4.78, 5) is 43.2. The third-order valence-corrected chi connectivity index (χ3v) is 7.81. The summed E-state index contributed by atoms with van der Waals surface area (Å²) in [6.07, 6.45) is 0. The molecular weight excluding hydrogens is 432 g/mol. The quantitative estimate of drug-likeness (QED) is 0.589. The maximum atomic E-state index is 13.4. The van der Waals surface area contributed by atoms with E-state index in [1.165, 1.54) is 16.7 Å². The minimum Gasteiger partial charge on any atom is -0.508 e. The van der Waals surface area contributed by atoms with E-state index in [-0.39, 0.29) is 22.4 Å². The summed E-state index contributed by atoms with van der Waals surface area (Å²) >= 11 is 8.23. The first-order chi connectivity index (χ1) is 13.9. The number of hydrogen-bond acceptors (Lipinski definition) is 6. The van der Waals surface area contributed by atoms with E-state index in [2.05, 4.69) is 4.98 Å². The number of carbonyl (C=O) groups is 2. The number of rotatable bonds is 2. The molecule has 146 valence electrons. The van der Waals surface area contributed by atoms with Gasteiger partial charge in [0.2, 0.25) is 11.8 Å². The van der Waals surface area contributed by atoms with Gasteiger partial charge in [0.25, 0.3) is 0 Å². The lowest BCUT2D eigenvalue weighted by Gasteiger charge is -2.29. The van der Waals surface area contributed by atoms with Gasteiger partial charge in [0.15, 0.2) is 0 Å². The second-order valence-electron chi connectivity index (χ2n) is 6.83. The van der Waals surface area contributed by atoms with Crippen molar-refractivity contribution >= 4 is 52.2 Å². The number of nitrogens with one attached hydrogen (secondary N) is 1. The van der Waals surface area contributed by atoms with E-state index < -0.39 is 17.1 Å². The molecule has 6 nitrogen and oxygen atoms in total. The number of phenols is 1. The standard InChI is InChI=1S/C20H13ClN2O4S2/c21-10-3-5-11(6-4-10)23-18(25)14-13(9-1-7-12(24)8-2-9)15-17(22-20(27)29-15)28-16(14)19(23)26/h1-8,13-14,16,24H,(H,22,27)/t13-,14-,16+/m0/s1. The third-order valence-electron chi connectivity index (χ3n) is 5.16. The third kappa shape index (κ3) is 2.90. The molecule has 0 saturated carbocycles. The van der Waals surface area contributed by atoms with Gasteiger partial charge in [-0.1, -0.05) is 46.8 Å². The van der Waals surface area contributed by atoms with Crippen molar-refractivity contribution in [3.63, 3.8) is 0 Å². The highest BCUT2D eigenvalue weighted by atomic mass is 35.5. The van der Waals surface area contributed by atoms with Gasteiger partial charge in [-0.2, -0.15) is 0 Å². The van der Waals surface area contributed by atoms with Gasteiger partial charge in [-0.05, 0) is 42.0 Å². The maximum absolute atomic E-state index is 13.4. The Morgan fingerprint density at radius 2 is 1.66 bits per heavy atom. The summed E-state index contributed by atoms with van der Waals surface area (Å²) in [6, 6.07) is 13.1. The molecular formula is C20H13ClN2O4S2. The number of fused-ring (bicyclic) bond motifs is 2. The number of thiazole rings is 1. The fourth-order valence-electron chi connectivity index (χ4n) is 3.90. The Labute approximate surface area is 178 Å². The Morgan fingerprint density at radius 1 is 0.966 bits per heavy atom. The van der Waals surface area contributed by atoms with Crippen molar-refractivity contribution in [2.24, 2.45) is 5.92 Å². The predicted octanol–water partition coefficient (Wildman–Crippen LogP) is 3.59. The molecule has 1 aromatic heterocycles. The predicted molar refractivity (Wildman–Crippen MR) is 112 cm³/mol. The molecule has 2 amide bonds. The van der Waals surface area contributed by atoms with Gasteiger partial charge in [-0.25, -0.2) is 4.90 Å². The first-order valence-electron chi connectivity index (χ1n) is 8.76. The van der Waals surface area contributed by atoms with E-state index in [0.717, 1.165) is 21.8 Å². The lowest BCUT2D eigenvalue weighted by Crippen LogP contribution is -2.32. The average Bonchev–Trinajstić information content (AvgIpc) is 3.19. The molecule has 29 heavy (non-hydrogen) atoms. The van der Waals surface area contributed by atoms with Crippen LogP contribution in [0.1, 0.15) is 16.4 Å². The zero-order valence-electron chi connectivity index (χ0n) is 14.7. The van der Waals surface area contributed by atoms with Crippen molar-refractivity contribution in [1.82, 2.24) is 4.98 Å².